The molecule has 1 N–H and O–H groups in total. The number of rotatable bonds is 4. The van der Waals surface area contributed by atoms with E-state index in [-0.39, 0.29) is 5.91 Å². The summed E-state index contributed by atoms with van der Waals surface area (Å²) < 4.78 is 5.33. The third-order valence-electron chi connectivity index (χ3n) is 3.87. The first kappa shape index (κ1) is 12.5. The summed E-state index contributed by atoms with van der Waals surface area (Å²) in [5.74, 6) is 1.38. The zero-order valence-corrected chi connectivity index (χ0v) is 11.4. The standard InChI is InChI=1S/C15H20N2O2/c1-10-14(15(19-17-10)12-7-8-12)16-13(18)9-11-5-3-2-4-6-11/h5,12H,2-4,6-9H2,1H3,(H,16,18). The topological polar surface area (TPSA) is 55.1 Å². The highest BCUT2D eigenvalue weighted by atomic mass is 16.5. The molecule has 0 aliphatic heterocycles. The van der Waals surface area contributed by atoms with Gasteiger partial charge in [-0.3, -0.25) is 4.79 Å². The van der Waals surface area contributed by atoms with Crippen LogP contribution in [-0.2, 0) is 4.79 Å². The van der Waals surface area contributed by atoms with Gasteiger partial charge in [0.25, 0.3) is 0 Å². The maximum Gasteiger partial charge on any atom is 0.228 e. The first-order valence-electron chi connectivity index (χ1n) is 7.18. The summed E-state index contributed by atoms with van der Waals surface area (Å²) in [7, 11) is 0. The summed E-state index contributed by atoms with van der Waals surface area (Å²) in [6, 6.07) is 0. The van der Waals surface area contributed by atoms with E-state index in [2.05, 4.69) is 16.5 Å². The molecule has 1 aromatic heterocycles. The van der Waals surface area contributed by atoms with Gasteiger partial charge in [-0.25, -0.2) is 0 Å². The van der Waals surface area contributed by atoms with Gasteiger partial charge in [-0.15, -0.1) is 0 Å². The Morgan fingerprint density at radius 1 is 1.47 bits per heavy atom. The fourth-order valence-electron chi connectivity index (χ4n) is 2.62. The van der Waals surface area contributed by atoms with E-state index < -0.39 is 0 Å². The number of carbonyl (C=O) groups is 1. The van der Waals surface area contributed by atoms with Crippen molar-refractivity contribution in [3.63, 3.8) is 0 Å². The number of nitrogens with one attached hydrogen (secondary N) is 1. The second kappa shape index (κ2) is 5.19. The Kier molecular flexibility index (Phi) is 3.40. The van der Waals surface area contributed by atoms with Crippen LogP contribution in [0.5, 0.6) is 0 Å². The summed E-state index contributed by atoms with van der Waals surface area (Å²) in [6.07, 6.45) is 9.64. The van der Waals surface area contributed by atoms with Crippen molar-refractivity contribution in [2.24, 2.45) is 0 Å². The van der Waals surface area contributed by atoms with Crippen LogP contribution in [0.15, 0.2) is 16.2 Å². The Morgan fingerprint density at radius 2 is 2.32 bits per heavy atom. The van der Waals surface area contributed by atoms with E-state index in [1.807, 2.05) is 6.92 Å². The molecule has 1 amide bonds. The molecule has 0 aromatic carbocycles. The molecule has 0 saturated heterocycles. The van der Waals surface area contributed by atoms with Crippen molar-refractivity contribution in [2.45, 2.75) is 57.8 Å². The van der Waals surface area contributed by atoms with Crippen LogP contribution in [-0.4, -0.2) is 11.1 Å². The minimum Gasteiger partial charge on any atom is -0.359 e. The van der Waals surface area contributed by atoms with Gasteiger partial charge in [-0.05, 0) is 45.4 Å². The Morgan fingerprint density at radius 3 is 3.00 bits per heavy atom. The van der Waals surface area contributed by atoms with E-state index in [1.165, 1.54) is 18.4 Å². The first-order valence-corrected chi connectivity index (χ1v) is 7.18. The Hall–Kier alpha value is -1.58. The second-order valence-corrected chi connectivity index (χ2v) is 5.61. The minimum atomic E-state index is 0.0568. The maximum atomic E-state index is 12.1. The molecule has 4 nitrogen and oxygen atoms in total. The lowest BCUT2D eigenvalue weighted by atomic mass is 9.97. The quantitative estimate of drug-likeness (QED) is 0.840. The smallest absolute Gasteiger partial charge is 0.228 e. The SMILES string of the molecule is Cc1noc(C2CC2)c1NC(=O)CC1=CCCCC1. The molecule has 1 saturated carbocycles. The van der Waals surface area contributed by atoms with Gasteiger partial charge in [0, 0.05) is 12.3 Å². The Balaban J connectivity index is 1.65. The zero-order valence-electron chi connectivity index (χ0n) is 11.4. The highest BCUT2D eigenvalue weighted by molar-refractivity contribution is 5.93. The van der Waals surface area contributed by atoms with Gasteiger partial charge in [0.05, 0.1) is 0 Å². The average Bonchev–Trinajstić information content (AvgIpc) is 3.18. The van der Waals surface area contributed by atoms with Crippen molar-refractivity contribution < 1.29 is 9.32 Å². The second-order valence-electron chi connectivity index (χ2n) is 5.61. The molecule has 19 heavy (non-hydrogen) atoms. The largest absolute Gasteiger partial charge is 0.359 e. The van der Waals surface area contributed by atoms with Crippen molar-refractivity contribution in [2.75, 3.05) is 5.32 Å². The Bertz CT molecular complexity index is 512. The average molecular weight is 260 g/mol. The van der Waals surface area contributed by atoms with Crippen LogP contribution in [0.25, 0.3) is 0 Å². The number of aryl methyl sites for hydroxylation is 1. The molecule has 2 aliphatic carbocycles. The molecule has 2 aliphatic rings. The zero-order chi connectivity index (χ0) is 13.2. The number of nitrogens with zero attached hydrogens (tertiary/aromatic N) is 1. The van der Waals surface area contributed by atoms with Gasteiger partial charge in [0.2, 0.25) is 5.91 Å². The highest BCUT2D eigenvalue weighted by Crippen LogP contribution is 2.44. The van der Waals surface area contributed by atoms with E-state index in [0.29, 0.717) is 12.3 Å². The predicted molar refractivity (Wildman–Crippen MR) is 73.0 cm³/mol. The number of anilines is 1. The molecule has 0 spiro atoms. The van der Waals surface area contributed by atoms with Gasteiger partial charge in [0.1, 0.15) is 11.4 Å². The molecule has 0 bridgehead atoms. The molecular formula is C15H20N2O2. The number of aromatic nitrogens is 1. The van der Waals surface area contributed by atoms with Gasteiger partial charge in [-0.1, -0.05) is 16.8 Å². The number of amides is 1. The molecule has 1 heterocycles. The van der Waals surface area contributed by atoms with Gasteiger partial charge in [0.15, 0.2) is 5.76 Å². The number of hydrogen-bond acceptors (Lipinski definition) is 3. The van der Waals surface area contributed by atoms with E-state index in [1.54, 1.807) is 0 Å². The van der Waals surface area contributed by atoms with Crippen LogP contribution >= 0.6 is 0 Å². The summed E-state index contributed by atoms with van der Waals surface area (Å²) in [6.45, 7) is 1.88. The van der Waals surface area contributed by atoms with Crippen LogP contribution in [0.2, 0.25) is 0 Å². The molecule has 1 aromatic rings. The monoisotopic (exact) mass is 260 g/mol. The van der Waals surface area contributed by atoms with Crippen molar-refractivity contribution in [1.82, 2.24) is 5.16 Å². The van der Waals surface area contributed by atoms with Crippen molar-refractivity contribution in [3.8, 4) is 0 Å². The first-order chi connectivity index (χ1) is 9.24. The lowest BCUT2D eigenvalue weighted by Crippen LogP contribution is -2.14. The molecule has 4 heteroatoms. The number of carbonyl (C=O) groups excluding carboxylic acids is 1. The Labute approximate surface area is 113 Å². The summed E-state index contributed by atoms with van der Waals surface area (Å²) in [5.41, 5.74) is 2.86. The van der Waals surface area contributed by atoms with Crippen molar-refractivity contribution >= 4 is 11.6 Å². The van der Waals surface area contributed by atoms with Crippen molar-refractivity contribution in [3.05, 3.63) is 23.1 Å². The fourth-order valence-corrected chi connectivity index (χ4v) is 2.62. The van der Waals surface area contributed by atoms with Gasteiger partial charge in [-0.2, -0.15) is 0 Å². The summed E-state index contributed by atoms with van der Waals surface area (Å²) in [5, 5.41) is 6.96. The molecule has 0 atom stereocenters. The molecule has 0 radical (unpaired) electrons. The summed E-state index contributed by atoms with van der Waals surface area (Å²) in [4.78, 5) is 12.1. The maximum absolute atomic E-state index is 12.1. The third-order valence-corrected chi connectivity index (χ3v) is 3.87. The van der Waals surface area contributed by atoms with Crippen molar-refractivity contribution in [1.29, 1.82) is 0 Å². The normalized spacial score (nSPS) is 19.1. The third kappa shape index (κ3) is 2.88. The lowest BCUT2D eigenvalue weighted by Gasteiger charge is -2.12. The lowest BCUT2D eigenvalue weighted by molar-refractivity contribution is -0.115. The summed E-state index contributed by atoms with van der Waals surface area (Å²) >= 11 is 0. The van der Waals surface area contributed by atoms with Crippen LogP contribution in [0.1, 0.15) is 62.3 Å². The van der Waals surface area contributed by atoms with Crippen LogP contribution in [0.4, 0.5) is 5.69 Å². The highest BCUT2D eigenvalue weighted by Gasteiger charge is 2.32. The van der Waals surface area contributed by atoms with Crippen LogP contribution in [0, 0.1) is 6.92 Å². The van der Waals surface area contributed by atoms with Crippen LogP contribution < -0.4 is 5.32 Å². The van der Waals surface area contributed by atoms with E-state index in [9.17, 15) is 4.79 Å². The van der Waals surface area contributed by atoms with Gasteiger partial charge < -0.3 is 9.84 Å². The predicted octanol–water partition coefficient (Wildman–Crippen LogP) is 3.69. The van der Waals surface area contributed by atoms with Gasteiger partial charge >= 0.3 is 0 Å². The fraction of sp³-hybridized carbons (Fsp3) is 0.600. The minimum absolute atomic E-state index is 0.0568. The van der Waals surface area contributed by atoms with E-state index in [0.717, 1.165) is 42.8 Å². The molecule has 1 fully saturated rings. The van der Waals surface area contributed by atoms with E-state index >= 15 is 0 Å². The number of allylic oxidation sites excluding steroid dienone is 1. The van der Waals surface area contributed by atoms with E-state index in [4.69, 9.17) is 4.52 Å². The number of hydrogen-bond donors (Lipinski definition) is 1. The molecular weight excluding hydrogens is 240 g/mol. The molecule has 102 valence electrons. The molecule has 3 rings (SSSR count). The van der Waals surface area contributed by atoms with Crippen LogP contribution in [0.3, 0.4) is 0 Å². The molecule has 0 unspecified atom stereocenters.